The molecule has 4 heterocycles. The molecule has 0 aromatic heterocycles. The van der Waals surface area contributed by atoms with Crippen molar-refractivity contribution in [1.29, 1.82) is 0 Å². The summed E-state index contributed by atoms with van der Waals surface area (Å²) in [6.45, 7) is 0.557. The third-order valence-corrected chi connectivity index (χ3v) is 7.88. The minimum absolute atomic E-state index is 0.123. The Hall–Kier alpha value is -2.72. The van der Waals surface area contributed by atoms with Crippen LogP contribution in [-0.4, -0.2) is 35.2 Å². The second-order valence-corrected chi connectivity index (χ2v) is 9.79. The van der Waals surface area contributed by atoms with E-state index in [0.717, 1.165) is 27.9 Å². The SMILES string of the molecule is O=C1[C@H]2[C@@H](C(=O)N1c1cccc(C(F)(F)F)c1)[C@@]1(C(=O)Nc3ccc(Br)cc31)N1CCC[C@@H]21. The molecule has 3 amide bonds. The third kappa shape index (κ3) is 2.56. The Bertz CT molecular complexity index is 1250. The second-order valence-electron chi connectivity index (χ2n) is 8.88. The average Bonchev–Trinajstić information content (AvgIpc) is 3.46. The molecule has 6 rings (SSSR count). The number of hydrogen-bond acceptors (Lipinski definition) is 4. The average molecular weight is 520 g/mol. The molecule has 2 aromatic carbocycles. The number of halogens is 4. The predicted octanol–water partition coefficient (Wildman–Crippen LogP) is 3.90. The van der Waals surface area contributed by atoms with E-state index < -0.39 is 40.9 Å². The lowest BCUT2D eigenvalue weighted by Gasteiger charge is -2.36. The quantitative estimate of drug-likeness (QED) is 0.580. The highest BCUT2D eigenvalue weighted by Gasteiger charge is 2.74. The van der Waals surface area contributed by atoms with Crippen LogP contribution in [0.1, 0.15) is 24.0 Å². The van der Waals surface area contributed by atoms with Crippen molar-refractivity contribution in [1.82, 2.24) is 4.90 Å². The maximum atomic E-state index is 13.8. The largest absolute Gasteiger partial charge is 0.416 e. The van der Waals surface area contributed by atoms with Gasteiger partial charge >= 0.3 is 6.18 Å². The molecule has 3 saturated heterocycles. The van der Waals surface area contributed by atoms with Gasteiger partial charge in [-0.3, -0.25) is 19.3 Å². The number of anilines is 2. The molecule has 3 fully saturated rings. The Morgan fingerprint density at radius 3 is 2.61 bits per heavy atom. The lowest BCUT2D eigenvalue weighted by molar-refractivity contribution is -0.137. The molecule has 0 unspecified atom stereocenters. The Labute approximate surface area is 194 Å². The minimum Gasteiger partial charge on any atom is -0.324 e. The molecular formula is C23H17BrF3N3O3. The lowest BCUT2D eigenvalue weighted by atomic mass is 9.75. The van der Waals surface area contributed by atoms with Gasteiger partial charge in [-0.1, -0.05) is 22.0 Å². The zero-order chi connectivity index (χ0) is 23.3. The van der Waals surface area contributed by atoms with Crippen LogP contribution in [0.4, 0.5) is 24.5 Å². The molecule has 0 bridgehead atoms. The number of nitrogens with one attached hydrogen (secondary N) is 1. The van der Waals surface area contributed by atoms with Crippen LogP contribution in [0.25, 0.3) is 0 Å². The van der Waals surface area contributed by atoms with Crippen LogP contribution in [0, 0.1) is 11.8 Å². The molecule has 1 spiro atoms. The van der Waals surface area contributed by atoms with Gasteiger partial charge in [0.25, 0.3) is 0 Å². The number of imide groups is 1. The Morgan fingerprint density at radius 2 is 1.85 bits per heavy atom. The summed E-state index contributed by atoms with van der Waals surface area (Å²) in [5.41, 5.74) is -1.24. The summed E-state index contributed by atoms with van der Waals surface area (Å²) in [6.07, 6.45) is -3.22. The van der Waals surface area contributed by atoms with Gasteiger partial charge < -0.3 is 5.32 Å². The Balaban J connectivity index is 1.53. The number of amides is 3. The minimum atomic E-state index is -4.61. The van der Waals surface area contributed by atoms with E-state index in [1.165, 1.54) is 12.1 Å². The fourth-order valence-electron chi connectivity index (χ4n) is 6.25. The maximum absolute atomic E-state index is 13.8. The van der Waals surface area contributed by atoms with Crippen molar-refractivity contribution >= 4 is 45.0 Å². The fourth-order valence-corrected chi connectivity index (χ4v) is 6.61. The number of nitrogens with zero attached hydrogens (tertiary/aromatic N) is 2. The molecule has 1 N–H and O–H groups in total. The number of fused-ring (bicyclic) bond motifs is 7. The van der Waals surface area contributed by atoms with E-state index in [-0.39, 0.29) is 17.6 Å². The van der Waals surface area contributed by atoms with Gasteiger partial charge in [-0.05, 0) is 55.8 Å². The van der Waals surface area contributed by atoms with E-state index >= 15 is 0 Å². The maximum Gasteiger partial charge on any atom is 0.416 e. The Morgan fingerprint density at radius 1 is 1.06 bits per heavy atom. The standard InChI is InChI=1S/C23H17BrF3N3O3/c24-12-6-7-15-14(10-12)22(21(33)28-15)18-17(16-5-2-8-29(16)22)19(31)30(20(18)32)13-4-1-3-11(9-13)23(25,26)27/h1,3-4,6-7,9-10,16-18H,2,5,8H2,(H,28,33)/t16-,17+,18-,22-/m0/s1. The molecule has 0 aliphatic carbocycles. The van der Waals surface area contributed by atoms with Crippen molar-refractivity contribution in [2.24, 2.45) is 11.8 Å². The van der Waals surface area contributed by atoms with Crippen molar-refractivity contribution < 1.29 is 27.6 Å². The highest BCUT2D eigenvalue weighted by Crippen LogP contribution is 2.61. The van der Waals surface area contributed by atoms with Crippen molar-refractivity contribution in [3.63, 3.8) is 0 Å². The van der Waals surface area contributed by atoms with E-state index in [9.17, 15) is 27.6 Å². The molecule has 170 valence electrons. The van der Waals surface area contributed by atoms with Gasteiger partial charge in [0.15, 0.2) is 0 Å². The van der Waals surface area contributed by atoms with Gasteiger partial charge in [-0.15, -0.1) is 0 Å². The normalized spacial score (nSPS) is 30.7. The number of alkyl halides is 3. The summed E-state index contributed by atoms with van der Waals surface area (Å²) in [6, 6.07) is 9.19. The molecule has 10 heteroatoms. The Kier molecular flexibility index (Phi) is 4.21. The third-order valence-electron chi connectivity index (χ3n) is 7.39. The number of carbonyl (C=O) groups is 3. The van der Waals surface area contributed by atoms with Gasteiger partial charge in [0.2, 0.25) is 17.7 Å². The highest BCUT2D eigenvalue weighted by molar-refractivity contribution is 9.10. The van der Waals surface area contributed by atoms with Crippen LogP contribution in [0.3, 0.4) is 0 Å². The first kappa shape index (κ1) is 20.9. The molecule has 4 atom stereocenters. The summed E-state index contributed by atoms with van der Waals surface area (Å²) in [7, 11) is 0. The number of hydrogen-bond donors (Lipinski definition) is 1. The van der Waals surface area contributed by atoms with Crippen LogP contribution in [-0.2, 0) is 26.1 Å². The summed E-state index contributed by atoms with van der Waals surface area (Å²) in [5, 5.41) is 2.87. The summed E-state index contributed by atoms with van der Waals surface area (Å²) in [5.74, 6) is -3.37. The van der Waals surface area contributed by atoms with Gasteiger partial charge in [0.05, 0.1) is 23.1 Å². The van der Waals surface area contributed by atoms with E-state index in [2.05, 4.69) is 21.2 Å². The van der Waals surface area contributed by atoms with Crippen molar-refractivity contribution in [2.45, 2.75) is 30.6 Å². The zero-order valence-corrected chi connectivity index (χ0v) is 18.6. The van der Waals surface area contributed by atoms with Crippen molar-refractivity contribution in [3.8, 4) is 0 Å². The van der Waals surface area contributed by atoms with E-state index in [1.54, 1.807) is 18.2 Å². The molecular weight excluding hydrogens is 503 g/mol. The summed E-state index contributed by atoms with van der Waals surface area (Å²) < 4.78 is 40.6. The monoisotopic (exact) mass is 519 g/mol. The number of rotatable bonds is 1. The molecule has 0 radical (unpaired) electrons. The van der Waals surface area contributed by atoms with Crippen LogP contribution in [0.2, 0.25) is 0 Å². The van der Waals surface area contributed by atoms with Crippen LogP contribution in [0.15, 0.2) is 46.9 Å². The topological polar surface area (TPSA) is 69.7 Å². The molecule has 0 saturated carbocycles. The van der Waals surface area contributed by atoms with Gasteiger partial charge in [-0.2, -0.15) is 13.2 Å². The van der Waals surface area contributed by atoms with Crippen molar-refractivity contribution in [2.75, 3.05) is 16.8 Å². The second kappa shape index (κ2) is 6.66. The van der Waals surface area contributed by atoms with Gasteiger partial charge in [0, 0.05) is 21.8 Å². The first-order valence-corrected chi connectivity index (χ1v) is 11.4. The molecule has 2 aromatic rings. The first-order chi connectivity index (χ1) is 15.7. The van der Waals surface area contributed by atoms with E-state index in [1.807, 2.05) is 4.90 Å². The molecule has 33 heavy (non-hydrogen) atoms. The van der Waals surface area contributed by atoms with Crippen LogP contribution < -0.4 is 10.2 Å². The zero-order valence-electron chi connectivity index (χ0n) is 17.0. The summed E-state index contributed by atoms with van der Waals surface area (Å²) in [4.78, 5) is 43.7. The lowest BCUT2D eigenvalue weighted by Crippen LogP contribution is -2.54. The molecule has 6 nitrogen and oxygen atoms in total. The highest BCUT2D eigenvalue weighted by atomic mass is 79.9. The fraction of sp³-hybridized carbons (Fsp3) is 0.348. The van der Waals surface area contributed by atoms with E-state index in [4.69, 9.17) is 0 Å². The van der Waals surface area contributed by atoms with Gasteiger partial charge in [-0.25, -0.2) is 4.90 Å². The molecule has 4 aliphatic heterocycles. The van der Waals surface area contributed by atoms with Gasteiger partial charge in [0.1, 0.15) is 5.54 Å². The van der Waals surface area contributed by atoms with Crippen molar-refractivity contribution in [3.05, 3.63) is 58.1 Å². The predicted molar refractivity (Wildman–Crippen MR) is 115 cm³/mol. The molecule has 4 aliphatic rings. The van der Waals surface area contributed by atoms with Crippen LogP contribution >= 0.6 is 15.9 Å². The number of benzene rings is 2. The van der Waals surface area contributed by atoms with E-state index in [0.29, 0.717) is 24.2 Å². The number of carbonyl (C=O) groups excluding carboxylic acids is 3. The summed E-state index contributed by atoms with van der Waals surface area (Å²) >= 11 is 3.44. The first-order valence-electron chi connectivity index (χ1n) is 10.6. The smallest absolute Gasteiger partial charge is 0.324 e. The van der Waals surface area contributed by atoms with Crippen LogP contribution in [0.5, 0.6) is 0 Å².